The number of benzene rings is 1. The molecule has 0 saturated carbocycles. The summed E-state index contributed by atoms with van der Waals surface area (Å²) in [4.78, 5) is 0. The van der Waals surface area contributed by atoms with Crippen molar-refractivity contribution in [3.05, 3.63) is 22.2 Å². The molecule has 96 valence electrons. The number of aromatic hydroxyl groups is 1. The van der Waals surface area contributed by atoms with Crippen molar-refractivity contribution in [2.45, 2.75) is 26.0 Å². The van der Waals surface area contributed by atoms with E-state index < -0.39 is 6.10 Å². The summed E-state index contributed by atoms with van der Waals surface area (Å²) in [6.45, 7) is 3.89. The summed E-state index contributed by atoms with van der Waals surface area (Å²) in [6, 6.07) is 2.87. The SMILES string of the molecule is COc1cc(C(O)C(N)C(C)C)cc(Br)c1O. The number of methoxy groups -OCH3 is 1. The number of rotatable bonds is 4. The molecule has 0 fully saturated rings. The van der Waals surface area contributed by atoms with Gasteiger partial charge in [0.05, 0.1) is 17.7 Å². The fourth-order valence-electron chi connectivity index (χ4n) is 1.51. The normalized spacial score (nSPS) is 14.8. The lowest BCUT2D eigenvalue weighted by atomic mass is 9.94. The largest absolute Gasteiger partial charge is 0.503 e. The van der Waals surface area contributed by atoms with Gasteiger partial charge >= 0.3 is 0 Å². The quantitative estimate of drug-likeness (QED) is 0.797. The van der Waals surface area contributed by atoms with Gasteiger partial charge in [0.2, 0.25) is 0 Å². The van der Waals surface area contributed by atoms with Crippen molar-refractivity contribution in [1.82, 2.24) is 0 Å². The molecule has 4 nitrogen and oxygen atoms in total. The zero-order chi connectivity index (χ0) is 13.2. The average molecular weight is 304 g/mol. The van der Waals surface area contributed by atoms with E-state index in [2.05, 4.69) is 15.9 Å². The highest BCUT2D eigenvalue weighted by atomic mass is 79.9. The van der Waals surface area contributed by atoms with Gasteiger partial charge in [-0.25, -0.2) is 0 Å². The first kappa shape index (κ1) is 14.3. The zero-order valence-corrected chi connectivity index (χ0v) is 11.7. The maximum absolute atomic E-state index is 10.1. The molecular weight excluding hydrogens is 286 g/mol. The molecule has 1 aromatic rings. The molecule has 1 aromatic carbocycles. The fraction of sp³-hybridized carbons (Fsp3) is 0.500. The highest BCUT2D eigenvalue weighted by Gasteiger charge is 2.22. The Morgan fingerprint density at radius 3 is 2.41 bits per heavy atom. The van der Waals surface area contributed by atoms with Gasteiger partial charge < -0.3 is 20.7 Å². The van der Waals surface area contributed by atoms with E-state index in [1.807, 2.05) is 13.8 Å². The molecule has 1 rings (SSSR count). The van der Waals surface area contributed by atoms with Crippen molar-refractivity contribution >= 4 is 15.9 Å². The smallest absolute Gasteiger partial charge is 0.172 e. The summed E-state index contributed by atoms with van der Waals surface area (Å²) < 4.78 is 5.50. The van der Waals surface area contributed by atoms with Crippen LogP contribution in [0, 0.1) is 5.92 Å². The number of halogens is 1. The lowest BCUT2D eigenvalue weighted by Gasteiger charge is -2.23. The molecule has 17 heavy (non-hydrogen) atoms. The van der Waals surface area contributed by atoms with Gasteiger partial charge in [0.15, 0.2) is 11.5 Å². The lowest BCUT2D eigenvalue weighted by Crippen LogP contribution is -2.33. The van der Waals surface area contributed by atoms with Crippen LogP contribution in [0.4, 0.5) is 0 Å². The summed E-state index contributed by atoms with van der Waals surface area (Å²) in [7, 11) is 1.46. The Balaban J connectivity index is 3.10. The molecule has 2 atom stereocenters. The molecule has 0 bridgehead atoms. The molecule has 0 spiro atoms. The standard InChI is InChI=1S/C12H18BrNO3/c1-6(2)10(14)11(15)7-4-8(13)12(16)9(5-7)17-3/h4-6,10-11,15-16H,14H2,1-3H3. The van der Waals surface area contributed by atoms with E-state index in [0.29, 0.717) is 15.8 Å². The number of aliphatic hydroxyl groups is 1. The van der Waals surface area contributed by atoms with Crippen LogP contribution in [0.15, 0.2) is 16.6 Å². The average Bonchev–Trinajstić information content (AvgIpc) is 2.30. The van der Waals surface area contributed by atoms with E-state index in [-0.39, 0.29) is 17.7 Å². The van der Waals surface area contributed by atoms with Gasteiger partial charge in [0, 0.05) is 6.04 Å². The summed E-state index contributed by atoms with van der Waals surface area (Å²) in [5.41, 5.74) is 6.52. The molecule has 0 aliphatic heterocycles. The van der Waals surface area contributed by atoms with Crippen molar-refractivity contribution in [3.63, 3.8) is 0 Å². The van der Waals surface area contributed by atoms with Crippen LogP contribution in [0.5, 0.6) is 11.5 Å². The monoisotopic (exact) mass is 303 g/mol. The third-order valence-corrected chi connectivity index (χ3v) is 3.35. The number of phenols is 1. The molecule has 0 aromatic heterocycles. The van der Waals surface area contributed by atoms with E-state index in [9.17, 15) is 10.2 Å². The number of hydrogen-bond acceptors (Lipinski definition) is 4. The van der Waals surface area contributed by atoms with Gasteiger partial charge in [-0.2, -0.15) is 0 Å². The van der Waals surface area contributed by atoms with Gasteiger partial charge in [-0.05, 0) is 39.5 Å². The summed E-state index contributed by atoms with van der Waals surface area (Å²) in [5.74, 6) is 0.481. The van der Waals surface area contributed by atoms with Crippen LogP contribution in [-0.4, -0.2) is 23.4 Å². The van der Waals surface area contributed by atoms with E-state index in [1.165, 1.54) is 7.11 Å². The van der Waals surface area contributed by atoms with Crippen LogP contribution in [-0.2, 0) is 0 Å². The van der Waals surface area contributed by atoms with Crippen LogP contribution in [0.1, 0.15) is 25.5 Å². The van der Waals surface area contributed by atoms with Crippen molar-refractivity contribution < 1.29 is 14.9 Å². The van der Waals surface area contributed by atoms with Crippen LogP contribution in [0.3, 0.4) is 0 Å². The first-order chi connectivity index (χ1) is 7.88. The fourth-order valence-corrected chi connectivity index (χ4v) is 1.97. The van der Waals surface area contributed by atoms with Gasteiger partial charge in [-0.15, -0.1) is 0 Å². The molecule has 0 radical (unpaired) electrons. The van der Waals surface area contributed by atoms with E-state index >= 15 is 0 Å². The second kappa shape index (κ2) is 5.71. The first-order valence-electron chi connectivity index (χ1n) is 5.38. The maximum atomic E-state index is 10.1. The van der Waals surface area contributed by atoms with Crippen molar-refractivity contribution in [2.24, 2.45) is 11.7 Å². The molecule has 0 saturated heterocycles. The number of aliphatic hydroxyl groups excluding tert-OH is 1. The third kappa shape index (κ3) is 3.12. The minimum absolute atomic E-state index is 0.0153. The molecule has 0 aliphatic carbocycles. The lowest BCUT2D eigenvalue weighted by molar-refractivity contribution is 0.125. The molecule has 2 unspecified atom stereocenters. The second-order valence-corrected chi connectivity index (χ2v) is 5.17. The van der Waals surface area contributed by atoms with Crippen molar-refractivity contribution in [2.75, 3.05) is 7.11 Å². The number of ether oxygens (including phenoxy) is 1. The molecule has 0 heterocycles. The minimum Gasteiger partial charge on any atom is -0.503 e. The Hall–Kier alpha value is -0.780. The predicted octanol–water partition coefficient (Wildman–Crippen LogP) is 2.18. The van der Waals surface area contributed by atoms with Crippen molar-refractivity contribution in [3.8, 4) is 11.5 Å². The second-order valence-electron chi connectivity index (χ2n) is 4.32. The predicted molar refractivity (Wildman–Crippen MR) is 70.1 cm³/mol. The van der Waals surface area contributed by atoms with Crippen LogP contribution < -0.4 is 10.5 Å². The molecule has 0 aliphatic rings. The van der Waals surface area contributed by atoms with Crippen LogP contribution >= 0.6 is 15.9 Å². The van der Waals surface area contributed by atoms with E-state index in [0.717, 1.165) is 0 Å². The first-order valence-corrected chi connectivity index (χ1v) is 6.17. The van der Waals surface area contributed by atoms with Crippen LogP contribution in [0.2, 0.25) is 0 Å². The van der Waals surface area contributed by atoms with Crippen molar-refractivity contribution in [1.29, 1.82) is 0 Å². The topological polar surface area (TPSA) is 75.7 Å². The van der Waals surface area contributed by atoms with E-state index in [4.69, 9.17) is 10.5 Å². The Bertz CT molecular complexity index is 396. The Kier molecular flexibility index (Phi) is 4.80. The zero-order valence-electron chi connectivity index (χ0n) is 10.1. The van der Waals surface area contributed by atoms with E-state index in [1.54, 1.807) is 12.1 Å². The number of phenolic OH excluding ortho intramolecular Hbond substituents is 1. The number of nitrogens with two attached hydrogens (primary N) is 1. The Labute approximate surface area is 110 Å². The highest BCUT2D eigenvalue weighted by Crippen LogP contribution is 2.37. The van der Waals surface area contributed by atoms with Gasteiger partial charge in [0.1, 0.15) is 0 Å². The summed E-state index contributed by atoms with van der Waals surface area (Å²) in [6.07, 6.45) is -0.791. The minimum atomic E-state index is -0.791. The number of hydrogen-bond donors (Lipinski definition) is 3. The Morgan fingerprint density at radius 1 is 1.35 bits per heavy atom. The maximum Gasteiger partial charge on any atom is 0.172 e. The van der Waals surface area contributed by atoms with Gasteiger partial charge in [-0.3, -0.25) is 0 Å². The van der Waals surface area contributed by atoms with Crippen LogP contribution in [0.25, 0.3) is 0 Å². The third-order valence-electron chi connectivity index (χ3n) is 2.75. The van der Waals surface area contributed by atoms with Gasteiger partial charge in [-0.1, -0.05) is 13.8 Å². The Morgan fingerprint density at radius 2 is 1.94 bits per heavy atom. The summed E-state index contributed by atoms with van der Waals surface area (Å²) >= 11 is 3.21. The molecule has 0 amide bonds. The molecule has 4 N–H and O–H groups in total. The molecular formula is C12H18BrNO3. The van der Waals surface area contributed by atoms with Gasteiger partial charge in [0.25, 0.3) is 0 Å². The summed E-state index contributed by atoms with van der Waals surface area (Å²) in [5, 5.41) is 19.8. The molecule has 5 heteroatoms. The highest BCUT2D eigenvalue weighted by molar-refractivity contribution is 9.10.